The minimum Gasteiger partial charge on any atom is -0.384 e. The van der Waals surface area contributed by atoms with E-state index in [0.717, 1.165) is 6.07 Å². The molecule has 0 bridgehead atoms. The van der Waals surface area contributed by atoms with Gasteiger partial charge in [0.1, 0.15) is 15.6 Å². The zero-order chi connectivity index (χ0) is 22.1. The first-order chi connectivity index (χ1) is 14.0. The molecule has 7 N–H and O–H groups in total. The molecule has 1 aromatic carbocycles. The minimum atomic E-state index is -4.54. The van der Waals surface area contributed by atoms with Crippen LogP contribution in [0.1, 0.15) is 12.5 Å². The third-order valence-electron chi connectivity index (χ3n) is 4.18. The van der Waals surface area contributed by atoms with Crippen molar-refractivity contribution >= 4 is 31.7 Å². The van der Waals surface area contributed by atoms with E-state index < -0.39 is 35.9 Å². The van der Waals surface area contributed by atoms with E-state index >= 15 is 0 Å². The minimum absolute atomic E-state index is 0.00685. The van der Waals surface area contributed by atoms with E-state index in [1.807, 2.05) is 0 Å². The Labute approximate surface area is 173 Å². The molecule has 12 nitrogen and oxygen atoms in total. The number of primary sulfonamides is 1. The summed E-state index contributed by atoms with van der Waals surface area (Å²) < 4.78 is 53.3. The first kappa shape index (κ1) is 21.9. The van der Waals surface area contributed by atoms with Crippen LogP contribution in [0.15, 0.2) is 55.5 Å². The van der Waals surface area contributed by atoms with Gasteiger partial charge in [0.25, 0.3) is 0 Å². The molecule has 1 aromatic heterocycles. The molecule has 0 radical (unpaired) electrons. The molecule has 0 spiro atoms. The Morgan fingerprint density at radius 3 is 2.43 bits per heavy atom. The van der Waals surface area contributed by atoms with Crippen molar-refractivity contribution in [1.29, 1.82) is 0 Å². The predicted molar refractivity (Wildman–Crippen MR) is 111 cm³/mol. The molecule has 2 aromatic rings. The molecular weight excluding hydrogens is 432 g/mol. The number of nitrogens with zero attached hydrogens (tertiary/aromatic N) is 4. The first-order valence-electron chi connectivity index (χ1n) is 8.61. The number of azo groups is 1. The molecule has 2 heterocycles. The third kappa shape index (κ3) is 4.36. The number of rotatable bonds is 7. The highest BCUT2D eigenvalue weighted by Crippen LogP contribution is 2.34. The lowest BCUT2D eigenvalue weighted by Gasteiger charge is -2.18. The number of aliphatic imine (C=N–C) groups is 1. The van der Waals surface area contributed by atoms with Gasteiger partial charge in [0.15, 0.2) is 12.5 Å². The summed E-state index contributed by atoms with van der Waals surface area (Å²) in [6.07, 6.45) is 1.41. The van der Waals surface area contributed by atoms with Crippen LogP contribution in [0.25, 0.3) is 11.1 Å². The number of benzene rings is 1. The highest BCUT2D eigenvalue weighted by molar-refractivity contribution is 7.92. The summed E-state index contributed by atoms with van der Waals surface area (Å²) in [5, 5.41) is 13.0. The van der Waals surface area contributed by atoms with E-state index in [1.165, 1.54) is 18.3 Å². The first-order valence-corrected chi connectivity index (χ1v) is 11.6. The number of hydrogen-bond donors (Lipinski definition) is 4. The average Bonchev–Trinajstić information content (AvgIpc) is 3.21. The summed E-state index contributed by atoms with van der Waals surface area (Å²) >= 11 is 0. The highest BCUT2D eigenvalue weighted by atomic mass is 32.2. The van der Waals surface area contributed by atoms with Gasteiger partial charge in [0.05, 0.1) is 5.56 Å². The van der Waals surface area contributed by atoms with Crippen molar-refractivity contribution in [1.82, 2.24) is 9.71 Å². The molecule has 0 unspecified atom stereocenters. The zero-order valence-corrected chi connectivity index (χ0v) is 17.5. The van der Waals surface area contributed by atoms with E-state index in [-0.39, 0.29) is 30.4 Å². The molecule has 1 aliphatic rings. The molecule has 0 aliphatic carbocycles. The van der Waals surface area contributed by atoms with Crippen LogP contribution in [0, 0.1) is 0 Å². The summed E-state index contributed by atoms with van der Waals surface area (Å²) in [7, 11) is -8.84. The van der Waals surface area contributed by atoms with Gasteiger partial charge in [-0.2, -0.15) is 5.11 Å². The SMILES string of the molecule is C[C@H](CN)NS(=O)(=O)c1ccc(-c2ccc(N)nc2)c(C2=NCN=N2)c1S(N)(=O)=O. The van der Waals surface area contributed by atoms with Gasteiger partial charge in [-0.1, -0.05) is 6.07 Å². The van der Waals surface area contributed by atoms with Gasteiger partial charge in [-0.05, 0) is 30.7 Å². The second-order valence-corrected chi connectivity index (χ2v) is 9.64. The Kier molecular flexibility index (Phi) is 5.96. The van der Waals surface area contributed by atoms with Crippen LogP contribution in [-0.4, -0.2) is 46.9 Å². The van der Waals surface area contributed by atoms with Crippen molar-refractivity contribution in [2.24, 2.45) is 26.1 Å². The molecule has 14 heteroatoms. The summed E-state index contributed by atoms with van der Waals surface area (Å²) in [5.41, 5.74) is 11.8. The van der Waals surface area contributed by atoms with Crippen LogP contribution in [0.4, 0.5) is 5.82 Å². The Hall–Kier alpha value is -2.78. The Morgan fingerprint density at radius 2 is 1.90 bits per heavy atom. The standard InChI is InChI=1S/C16H20N8O4S2/c1-9(6-17)24-30(27,28)12-4-3-11(10-2-5-13(18)20-7-10)14(15(12)29(19,25)26)16-21-8-22-23-16/h2-5,7,9,24H,6,8,17H2,1H3,(H2,18,20)(H2,19,25,26)/t9-/m1/s1. The van der Waals surface area contributed by atoms with Crippen LogP contribution in [0.3, 0.4) is 0 Å². The molecule has 0 saturated carbocycles. The van der Waals surface area contributed by atoms with Crippen LogP contribution >= 0.6 is 0 Å². The molecule has 3 rings (SSSR count). The maximum atomic E-state index is 12.9. The Morgan fingerprint density at radius 1 is 1.17 bits per heavy atom. The summed E-state index contributed by atoms with van der Waals surface area (Å²) in [6, 6.07) is 5.05. The van der Waals surface area contributed by atoms with Gasteiger partial charge in [0.2, 0.25) is 20.0 Å². The Bertz CT molecular complexity index is 1240. The molecule has 1 atom stereocenters. The zero-order valence-electron chi connectivity index (χ0n) is 15.8. The molecule has 30 heavy (non-hydrogen) atoms. The second kappa shape index (κ2) is 8.16. The fourth-order valence-electron chi connectivity index (χ4n) is 2.82. The number of anilines is 1. The van der Waals surface area contributed by atoms with E-state index in [2.05, 4.69) is 24.9 Å². The number of hydrogen-bond acceptors (Lipinski definition) is 10. The molecule has 0 fully saturated rings. The fraction of sp³-hybridized carbons (Fsp3) is 0.250. The summed E-state index contributed by atoms with van der Waals surface area (Å²) in [6.45, 7) is 1.52. The van der Waals surface area contributed by atoms with Gasteiger partial charge in [0, 0.05) is 24.3 Å². The quantitative estimate of drug-likeness (QED) is 0.443. The summed E-state index contributed by atoms with van der Waals surface area (Å²) in [4.78, 5) is 6.87. The molecule has 0 amide bonds. The van der Waals surface area contributed by atoms with Crippen LogP contribution in [0.5, 0.6) is 0 Å². The number of nitrogens with two attached hydrogens (primary N) is 3. The second-order valence-electron chi connectivity index (χ2n) is 6.45. The Balaban J connectivity index is 2.39. The monoisotopic (exact) mass is 452 g/mol. The molecular formula is C16H20N8O4S2. The number of aromatic nitrogens is 1. The number of nitrogen functional groups attached to an aromatic ring is 1. The smallest absolute Gasteiger partial charge is 0.242 e. The van der Waals surface area contributed by atoms with Gasteiger partial charge in [-0.15, -0.1) is 5.11 Å². The number of amidine groups is 1. The number of sulfonamides is 2. The van der Waals surface area contributed by atoms with E-state index in [1.54, 1.807) is 13.0 Å². The molecule has 160 valence electrons. The molecule has 1 aliphatic heterocycles. The van der Waals surface area contributed by atoms with Crippen molar-refractivity contribution in [3.8, 4) is 11.1 Å². The van der Waals surface area contributed by atoms with Gasteiger partial charge >= 0.3 is 0 Å². The van der Waals surface area contributed by atoms with Crippen molar-refractivity contribution < 1.29 is 16.8 Å². The summed E-state index contributed by atoms with van der Waals surface area (Å²) in [5.74, 6) is 0.193. The van der Waals surface area contributed by atoms with Crippen LogP contribution in [0.2, 0.25) is 0 Å². The van der Waals surface area contributed by atoms with E-state index in [4.69, 9.17) is 16.6 Å². The van der Waals surface area contributed by atoms with Gasteiger partial charge in [-0.25, -0.2) is 36.7 Å². The van der Waals surface area contributed by atoms with Gasteiger partial charge in [-0.3, -0.25) is 0 Å². The maximum Gasteiger partial charge on any atom is 0.242 e. The van der Waals surface area contributed by atoms with Crippen molar-refractivity contribution in [2.75, 3.05) is 18.9 Å². The lowest BCUT2D eigenvalue weighted by atomic mass is 10.00. The molecule has 0 saturated heterocycles. The van der Waals surface area contributed by atoms with Crippen molar-refractivity contribution in [3.05, 3.63) is 36.0 Å². The average molecular weight is 453 g/mol. The lowest BCUT2D eigenvalue weighted by Crippen LogP contribution is -2.38. The predicted octanol–water partition coefficient (Wildman–Crippen LogP) is -0.226. The van der Waals surface area contributed by atoms with Crippen molar-refractivity contribution in [3.63, 3.8) is 0 Å². The number of pyridine rings is 1. The van der Waals surface area contributed by atoms with Gasteiger partial charge < -0.3 is 11.5 Å². The van der Waals surface area contributed by atoms with Crippen LogP contribution < -0.4 is 21.3 Å². The normalized spacial score (nSPS) is 15.2. The largest absolute Gasteiger partial charge is 0.384 e. The van der Waals surface area contributed by atoms with E-state index in [9.17, 15) is 16.8 Å². The van der Waals surface area contributed by atoms with Crippen LogP contribution in [-0.2, 0) is 20.0 Å². The topological polar surface area (TPSA) is 208 Å². The maximum absolute atomic E-state index is 12.9. The number of nitrogens with one attached hydrogen (secondary N) is 1. The van der Waals surface area contributed by atoms with Crippen molar-refractivity contribution in [2.45, 2.75) is 22.8 Å². The van der Waals surface area contributed by atoms with E-state index in [0.29, 0.717) is 11.1 Å². The highest BCUT2D eigenvalue weighted by Gasteiger charge is 2.33. The lowest BCUT2D eigenvalue weighted by molar-refractivity contribution is 0.557. The third-order valence-corrected chi connectivity index (χ3v) is 6.93. The fourth-order valence-corrected chi connectivity index (χ4v) is 5.68.